The van der Waals surface area contributed by atoms with E-state index in [9.17, 15) is 22.0 Å². The first kappa shape index (κ1) is 36.0. The van der Waals surface area contributed by atoms with Crippen LogP contribution in [0, 0.1) is 11.6 Å². The van der Waals surface area contributed by atoms with Crippen LogP contribution >= 0.6 is 0 Å². The highest BCUT2D eigenvalue weighted by Crippen LogP contribution is 2.34. The Labute approximate surface area is 283 Å². The summed E-state index contributed by atoms with van der Waals surface area (Å²) in [5, 5.41) is 0. The Kier molecular flexibility index (Phi) is 12.0. The Hall–Kier alpha value is -4.31. The lowest BCUT2D eigenvalue weighted by atomic mass is 10.0. The largest absolute Gasteiger partial charge is 0.493 e. The number of aromatic nitrogens is 2. The number of hydrogen-bond donors (Lipinski definition) is 0. The number of halogens is 6. The van der Waals surface area contributed by atoms with Crippen LogP contribution in [0.15, 0.2) is 107 Å². The lowest BCUT2D eigenvalue weighted by Gasteiger charge is -2.25. The first-order valence-electron chi connectivity index (χ1n) is 16.6. The summed E-state index contributed by atoms with van der Waals surface area (Å²) >= 11 is 0. The molecule has 2 aliphatic rings. The van der Waals surface area contributed by atoms with Crippen LogP contribution in [0.2, 0.25) is 0 Å². The maximum atomic E-state index is 15.4. The minimum absolute atomic E-state index is 0.123. The summed E-state index contributed by atoms with van der Waals surface area (Å²) in [6.07, 6.45) is 8.43. The molecular weight excluding hydrogens is 640 g/mol. The second-order valence-electron chi connectivity index (χ2n) is 12.3. The van der Waals surface area contributed by atoms with Crippen molar-refractivity contribution in [1.82, 2.24) is 14.5 Å². The molecule has 2 aromatic carbocycles. The van der Waals surface area contributed by atoms with Crippen LogP contribution < -0.4 is 0 Å². The molecule has 0 N–H and O–H groups in total. The van der Waals surface area contributed by atoms with Gasteiger partial charge in [0.15, 0.2) is 0 Å². The lowest BCUT2D eigenvalue weighted by Crippen LogP contribution is -2.28. The maximum absolute atomic E-state index is 15.4. The summed E-state index contributed by atoms with van der Waals surface area (Å²) in [4.78, 5) is 7.08. The van der Waals surface area contributed by atoms with Gasteiger partial charge in [-0.1, -0.05) is 73.2 Å². The molecule has 2 heterocycles. The monoisotopic (exact) mass is 681 g/mol. The summed E-state index contributed by atoms with van der Waals surface area (Å²) in [6.45, 7) is 6.07. The first-order valence-corrected chi connectivity index (χ1v) is 16.6. The summed E-state index contributed by atoms with van der Waals surface area (Å²) in [5.41, 5.74) is 4.45. The molecule has 0 spiro atoms. The molecule has 0 bridgehead atoms. The Bertz CT molecular complexity index is 1750. The number of fused-ring (bicyclic) bond motifs is 1. The van der Waals surface area contributed by atoms with Crippen LogP contribution in [-0.4, -0.2) is 46.5 Å². The van der Waals surface area contributed by atoms with E-state index < -0.39 is 30.4 Å². The van der Waals surface area contributed by atoms with Crippen LogP contribution in [-0.2, 0) is 17.8 Å². The molecule has 0 unspecified atom stereocenters. The van der Waals surface area contributed by atoms with E-state index >= 15 is 4.39 Å². The third-order valence-electron chi connectivity index (χ3n) is 8.55. The highest BCUT2D eigenvalue weighted by atomic mass is 19.3. The topological polar surface area (TPSA) is 30.3 Å². The van der Waals surface area contributed by atoms with E-state index in [1.807, 2.05) is 37.3 Å². The normalized spacial score (nSPS) is 15.4. The molecule has 49 heavy (non-hydrogen) atoms. The van der Waals surface area contributed by atoms with Crippen molar-refractivity contribution < 1.29 is 31.1 Å². The van der Waals surface area contributed by atoms with Crippen molar-refractivity contribution in [2.45, 2.75) is 71.4 Å². The molecule has 1 aliphatic heterocycles. The fraction of sp³-hybridized carbons (Fsp3) is 0.359. The fourth-order valence-electron chi connectivity index (χ4n) is 6.19. The summed E-state index contributed by atoms with van der Waals surface area (Å²) in [5.74, 6) is -4.05. The van der Waals surface area contributed by atoms with E-state index in [-0.39, 0.29) is 11.1 Å². The Morgan fingerprint density at radius 2 is 1.88 bits per heavy atom. The molecule has 1 aliphatic carbocycles. The quantitative estimate of drug-likeness (QED) is 0.118. The Balaban J connectivity index is 1.55. The van der Waals surface area contributed by atoms with Gasteiger partial charge in [0.2, 0.25) is 0 Å². The van der Waals surface area contributed by atoms with Gasteiger partial charge in [0.25, 0.3) is 0 Å². The molecule has 4 nitrogen and oxygen atoms in total. The van der Waals surface area contributed by atoms with Crippen LogP contribution in [0.4, 0.5) is 26.3 Å². The van der Waals surface area contributed by atoms with Gasteiger partial charge in [-0.25, -0.2) is 22.5 Å². The van der Waals surface area contributed by atoms with Crippen molar-refractivity contribution in [2.24, 2.45) is 0 Å². The van der Waals surface area contributed by atoms with Crippen LogP contribution in [0.3, 0.4) is 0 Å². The van der Waals surface area contributed by atoms with Gasteiger partial charge in [0.05, 0.1) is 18.0 Å². The molecule has 260 valence electrons. The Morgan fingerprint density at radius 1 is 1.08 bits per heavy atom. The predicted molar refractivity (Wildman–Crippen MR) is 181 cm³/mol. The van der Waals surface area contributed by atoms with Crippen molar-refractivity contribution >= 4 is 0 Å². The Morgan fingerprint density at radius 3 is 2.59 bits per heavy atom. The molecule has 0 amide bonds. The van der Waals surface area contributed by atoms with Crippen LogP contribution in [0.1, 0.15) is 51.6 Å². The third-order valence-corrected chi connectivity index (χ3v) is 8.55. The van der Waals surface area contributed by atoms with Crippen molar-refractivity contribution in [2.75, 3.05) is 19.7 Å². The van der Waals surface area contributed by atoms with E-state index in [1.165, 1.54) is 18.2 Å². The summed E-state index contributed by atoms with van der Waals surface area (Å²) in [7, 11) is 0. The average Bonchev–Trinajstić information content (AvgIpc) is 3.61. The SMILES string of the molecule is C/C=C\C(=C/CCN(CC1=CC=C2CCOC2=CC1)Cc1c(-c2ccc(F)cc2F)nc(-c2ccccc2)n1CCC)CC(F)(F)C(F)F. The minimum atomic E-state index is -4.15. The molecule has 10 heteroatoms. The summed E-state index contributed by atoms with van der Waals surface area (Å²) in [6, 6.07) is 13.0. The van der Waals surface area contributed by atoms with Crippen LogP contribution in [0.5, 0.6) is 0 Å². The van der Waals surface area contributed by atoms with Crippen molar-refractivity contribution in [3.8, 4) is 22.6 Å². The zero-order chi connectivity index (χ0) is 35.0. The second kappa shape index (κ2) is 16.4. The second-order valence-corrected chi connectivity index (χ2v) is 12.3. The third kappa shape index (κ3) is 9.03. The molecule has 5 rings (SSSR count). The molecule has 1 saturated heterocycles. The van der Waals surface area contributed by atoms with Gasteiger partial charge in [-0.3, -0.25) is 4.90 Å². The minimum Gasteiger partial charge on any atom is -0.493 e. The zero-order valence-corrected chi connectivity index (χ0v) is 27.7. The number of ether oxygens (including phenoxy) is 1. The summed E-state index contributed by atoms with van der Waals surface area (Å²) < 4.78 is 91.4. The lowest BCUT2D eigenvalue weighted by molar-refractivity contribution is -0.126. The molecule has 0 atom stereocenters. The van der Waals surface area contributed by atoms with Gasteiger partial charge in [-0.15, -0.1) is 0 Å². The van der Waals surface area contributed by atoms with Gasteiger partial charge >= 0.3 is 12.3 Å². The predicted octanol–water partition coefficient (Wildman–Crippen LogP) is 10.5. The number of benzene rings is 2. The molecule has 1 aromatic heterocycles. The molecular formula is C39H41F6N3O. The molecule has 0 saturated carbocycles. The van der Waals surface area contributed by atoms with E-state index in [1.54, 1.807) is 19.1 Å². The highest BCUT2D eigenvalue weighted by molar-refractivity contribution is 5.69. The van der Waals surface area contributed by atoms with Crippen molar-refractivity contribution in [3.05, 3.63) is 125 Å². The van der Waals surface area contributed by atoms with Crippen molar-refractivity contribution in [1.29, 1.82) is 0 Å². The van der Waals surface area contributed by atoms with E-state index in [0.29, 0.717) is 57.1 Å². The average molecular weight is 682 g/mol. The molecule has 0 radical (unpaired) electrons. The fourth-order valence-corrected chi connectivity index (χ4v) is 6.19. The number of imidazole rings is 1. The first-order chi connectivity index (χ1) is 23.6. The number of alkyl halides is 4. The number of rotatable bonds is 15. The van der Waals surface area contributed by atoms with Gasteiger partial charge in [-0.2, -0.15) is 8.78 Å². The van der Waals surface area contributed by atoms with Gasteiger partial charge in [0, 0.05) is 56.2 Å². The van der Waals surface area contributed by atoms with Gasteiger partial charge in [-0.05, 0) is 55.5 Å². The smallest absolute Gasteiger partial charge is 0.311 e. The molecule has 3 aromatic rings. The highest BCUT2D eigenvalue weighted by Gasteiger charge is 2.40. The number of hydrogen-bond acceptors (Lipinski definition) is 3. The molecule has 1 fully saturated rings. The van der Waals surface area contributed by atoms with Gasteiger partial charge in [0.1, 0.15) is 23.2 Å². The van der Waals surface area contributed by atoms with Gasteiger partial charge < -0.3 is 9.30 Å². The number of allylic oxidation sites excluding steroid dienone is 7. The van der Waals surface area contributed by atoms with E-state index in [2.05, 4.69) is 27.7 Å². The zero-order valence-electron chi connectivity index (χ0n) is 27.7. The standard InChI is InChI=1S/C39H41F6N3O/c1-3-9-27(24-39(44,45)38(42)43)10-8-21-47(25-28-13-15-29-19-22-49-35(29)18-14-28)26-34-36(32-17-16-31(40)23-33(32)41)46-37(48(34)20-4-2)30-11-6-5-7-12-30/h3,5-7,9-13,15-18,23,38H,4,8,14,19-22,24-26H2,1-2H3/b9-3-,27-10+. The maximum Gasteiger partial charge on any atom is 0.311 e. The van der Waals surface area contributed by atoms with Crippen LogP contribution in [0.25, 0.3) is 22.6 Å². The van der Waals surface area contributed by atoms with Crippen molar-refractivity contribution in [3.63, 3.8) is 0 Å². The van der Waals surface area contributed by atoms with E-state index in [0.717, 1.165) is 47.1 Å². The van der Waals surface area contributed by atoms with E-state index in [4.69, 9.17) is 9.72 Å². The number of nitrogens with zero attached hydrogens (tertiary/aromatic N) is 3.